The SMILES string of the molecule is CC(=O)NC1(Nc2ccccc2)C(=O)N(c2ccccc2)N=C1c1ccccc1C.CCNCC. The van der Waals surface area contributed by atoms with Crippen LogP contribution in [-0.4, -0.2) is 36.3 Å². The van der Waals surface area contributed by atoms with Gasteiger partial charge in [-0.2, -0.15) is 10.1 Å². The van der Waals surface area contributed by atoms with E-state index in [1.165, 1.54) is 11.9 Å². The maximum atomic E-state index is 13.8. The minimum atomic E-state index is -1.55. The molecule has 1 atom stereocenters. The van der Waals surface area contributed by atoms with Crippen molar-refractivity contribution < 1.29 is 9.59 Å². The van der Waals surface area contributed by atoms with Crippen molar-refractivity contribution in [2.75, 3.05) is 23.4 Å². The molecule has 3 N–H and O–H groups in total. The first-order chi connectivity index (χ1) is 16.9. The molecular weight excluding hydrogens is 438 g/mol. The van der Waals surface area contributed by atoms with E-state index in [1.54, 1.807) is 0 Å². The van der Waals surface area contributed by atoms with Crippen molar-refractivity contribution in [2.45, 2.75) is 33.4 Å². The van der Waals surface area contributed by atoms with Crippen molar-refractivity contribution in [3.63, 3.8) is 0 Å². The molecule has 4 rings (SSSR count). The molecule has 0 saturated heterocycles. The number of benzene rings is 3. The second-order valence-corrected chi connectivity index (χ2v) is 8.10. The van der Waals surface area contributed by atoms with Crippen LogP contribution in [-0.2, 0) is 9.59 Å². The Kier molecular flexibility index (Phi) is 8.75. The fraction of sp³-hybridized carbons (Fsp3) is 0.250. The molecule has 2 amide bonds. The van der Waals surface area contributed by atoms with Crippen LogP contribution in [0.1, 0.15) is 31.9 Å². The quantitative estimate of drug-likeness (QED) is 0.449. The van der Waals surface area contributed by atoms with Gasteiger partial charge in [-0.3, -0.25) is 9.59 Å². The second kappa shape index (κ2) is 11.9. The number of anilines is 2. The van der Waals surface area contributed by atoms with Gasteiger partial charge in [0, 0.05) is 18.2 Å². The van der Waals surface area contributed by atoms with Crippen molar-refractivity contribution in [1.29, 1.82) is 0 Å². The lowest BCUT2D eigenvalue weighted by Crippen LogP contribution is -2.64. The fourth-order valence-corrected chi connectivity index (χ4v) is 3.83. The number of hydrogen-bond donors (Lipinski definition) is 3. The van der Waals surface area contributed by atoms with E-state index >= 15 is 0 Å². The van der Waals surface area contributed by atoms with Crippen LogP contribution in [0.4, 0.5) is 11.4 Å². The topological polar surface area (TPSA) is 85.8 Å². The normalized spacial score (nSPS) is 16.7. The van der Waals surface area contributed by atoms with E-state index in [0.717, 1.165) is 24.2 Å². The maximum Gasteiger partial charge on any atom is 0.300 e. The molecule has 7 heteroatoms. The highest BCUT2D eigenvalue weighted by molar-refractivity contribution is 6.31. The monoisotopic (exact) mass is 471 g/mol. The summed E-state index contributed by atoms with van der Waals surface area (Å²) in [5.74, 6) is -0.728. The van der Waals surface area contributed by atoms with Crippen molar-refractivity contribution in [3.05, 3.63) is 96.1 Å². The average Bonchev–Trinajstić information content (AvgIpc) is 3.12. The van der Waals surface area contributed by atoms with Gasteiger partial charge in [0.05, 0.1) is 5.69 Å². The minimum absolute atomic E-state index is 0.344. The minimum Gasteiger partial charge on any atom is -0.350 e. The number of carbonyl (C=O) groups excluding carboxylic acids is 2. The number of nitrogens with zero attached hydrogens (tertiary/aromatic N) is 2. The lowest BCUT2D eigenvalue weighted by Gasteiger charge is -2.32. The Labute approximate surface area is 207 Å². The van der Waals surface area contributed by atoms with Gasteiger partial charge in [-0.1, -0.05) is 74.5 Å². The van der Waals surface area contributed by atoms with Gasteiger partial charge in [0.1, 0.15) is 5.71 Å². The smallest absolute Gasteiger partial charge is 0.300 e. The van der Waals surface area contributed by atoms with E-state index in [9.17, 15) is 9.59 Å². The van der Waals surface area contributed by atoms with Crippen molar-refractivity contribution >= 4 is 28.9 Å². The van der Waals surface area contributed by atoms with E-state index < -0.39 is 5.66 Å². The molecule has 1 heterocycles. The van der Waals surface area contributed by atoms with E-state index in [4.69, 9.17) is 5.10 Å². The zero-order chi connectivity index (χ0) is 25.3. The van der Waals surface area contributed by atoms with Crippen molar-refractivity contribution in [3.8, 4) is 0 Å². The first-order valence-electron chi connectivity index (χ1n) is 11.8. The number of para-hydroxylation sites is 2. The van der Waals surface area contributed by atoms with Crippen molar-refractivity contribution in [2.24, 2.45) is 5.10 Å². The first kappa shape index (κ1) is 25.6. The lowest BCUT2D eigenvalue weighted by atomic mass is 9.93. The summed E-state index contributed by atoms with van der Waals surface area (Å²) >= 11 is 0. The predicted octanol–water partition coefficient (Wildman–Crippen LogP) is 4.31. The Bertz CT molecular complexity index is 1160. The van der Waals surface area contributed by atoms with E-state index in [-0.39, 0.29) is 11.8 Å². The van der Waals surface area contributed by atoms with Crippen molar-refractivity contribution in [1.82, 2.24) is 10.6 Å². The molecule has 182 valence electrons. The van der Waals surface area contributed by atoms with Gasteiger partial charge in [-0.15, -0.1) is 0 Å². The Balaban J connectivity index is 0.000000623. The largest absolute Gasteiger partial charge is 0.350 e. The molecule has 0 spiro atoms. The molecule has 1 aliphatic rings. The molecule has 0 aromatic heterocycles. The first-order valence-corrected chi connectivity index (χ1v) is 11.8. The molecular formula is C28H33N5O2. The molecule has 0 radical (unpaired) electrons. The zero-order valence-corrected chi connectivity index (χ0v) is 20.7. The third-order valence-electron chi connectivity index (χ3n) is 5.44. The molecule has 35 heavy (non-hydrogen) atoms. The van der Waals surface area contributed by atoms with Crippen LogP contribution in [0.15, 0.2) is 90.0 Å². The van der Waals surface area contributed by atoms with Gasteiger partial charge < -0.3 is 16.0 Å². The third kappa shape index (κ3) is 5.94. The molecule has 1 aliphatic heterocycles. The van der Waals surface area contributed by atoms with Crippen LogP contribution in [0.25, 0.3) is 0 Å². The van der Waals surface area contributed by atoms with E-state index in [2.05, 4.69) is 29.8 Å². The summed E-state index contributed by atoms with van der Waals surface area (Å²) in [6.07, 6.45) is 0. The number of hydrazone groups is 1. The number of hydrogen-bond acceptors (Lipinski definition) is 5. The lowest BCUT2D eigenvalue weighted by molar-refractivity contribution is -0.127. The van der Waals surface area contributed by atoms with E-state index in [0.29, 0.717) is 17.1 Å². The second-order valence-electron chi connectivity index (χ2n) is 8.10. The molecule has 0 saturated carbocycles. The Hall–Kier alpha value is -3.97. The Morgan fingerprint density at radius 1 is 0.886 bits per heavy atom. The predicted molar refractivity (Wildman–Crippen MR) is 142 cm³/mol. The summed E-state index contributed by atoms with van der Waals surface area (Å²) in [6, 6.07) is 26.2. The van der Waals surface area contributed by atoms with Crippen LogP contribution in [0.3, 0.4) is 0 Å². The van der Waals surface area contributed by atoms with Crippen LogP contribution < -0.4 is 21.0 Å². The average molecular weight is 472 g/mol. The number of carbonyl (C=O) groups is 2. The summed E-state index contributed by atoms with van der Waals surface area (Å²) in [5, 5.41) is 15.3. The number of rotatable bonds is 7. The number of amides is 2. The van der Waals surface area contributed by atoms with Crippen LogP contribution in [0.2, 0.25) is 0 Å². The molecule has 3 aromatic carbocycles. The number of nitrogens with one attached hydrogen (secondary N) is 3. The molecule has 7 nitrogen and oxygen atoms in total. The van der Waals surface area contributed by atoms with Crippen LogP contribution in [0.5, 0.6) is 0 Å². The maximum absolute atomic E-state index is 13.8. The van der Waals surface area contributed by atoms with Gasteiger partial charge in [-0.25, -0.2) is 0 Å². The summed E-state index contributed by atoms with van der Waals surface area (Å²) < 4.78 is 0. The highest BCUT2D eigenvalue weighted by atomic mass is 16.2. The third-order valence-corrected chi connectivity index (χ3v) is 5.44. The summed E-state index contributed by atoms with van der Waals surface area (Å²) in [6.45, 7) is 9.73. The van der Waals surface area contributed by atoms with Gasteiger partial charge in [-0.05, 0) is 49.8 Å². The Morgan fingerprint density at radius 3 is 2.00 bits per heavy atom. The molecule has 0 bridgehead atoms. The summed E-state index contributed by atoms with van der Waals surface area (Å²) in [5.41, 5.74) is 1.93. The van der Waals surface area contributed by atoms with E-state index in [1.807, 2.05) is 91.9 Å². The molecule has 0 fully saturated rings. The highest BCUT2D eigenvalue weighted by Crippen LogP contribution is 2.32. The summed E-state index contributed by atoms with van der Waals surface area (Å²) in [7, 11) is 0. The molecule has 0 aliphatic carbocycles. The standard InChI is InChI=1S/C24H22N4O2.C4H11N/c1-17-11-9-10-16-21(17)22-24(25-18(2)29,26-19-12-5-3-6-13-19)23(30)28(27-22)20-14-7-4-8-15-20;1-3-5-4-2/h3-16,26H,1-2H3,(H,25,29);5H,3-4H2,1-2H3. The Morgan fingerprint density at radius 2 is 1.46 bits per heavy atom. The van der Waals surface area contributed by atoms with Crippen LogP contribution in [0, 0.1) is 6.92 Å². The molecule has 3 aromatic rings. The van der Waals surface area contributed by atoms with Gasteiger partial charge in [0.25, 0.3) is 0 Å². The number of aryl methyl sites for hydroxylation is 1. The van der Waals surface area contributed by atoms with Gasteiger partial charge in [0.15, 0.2) is 0 Å². The van der Waals surface area contributed by atoms with Gasteiger partial charge in [0.2, 0.25) is 11.6 Å². The van der Waals surface area contributed by atoms with Crippen LogP contribution >= 0.6 is 0 Å². The summed E-state index contributed by atoms with van der Waals surface area (Å²) in [4.78, 5) is 26.1. The molecule has 1 unspecified atom stereocenters. The highest BCUT2D eigenvalue weighted by Gasteiger charge is 2.53. The zero-order valence-electron chi connectivity index (χ0n) is 20.7. The fourth-order valence-electron chi connectivity index (χ4n) is 3.83. The van der Waals surface area contributed by atoms with Gasteiger partial charge >= 0.3 is 5.91 Å².